The summed E-state index contributed by atoms with van der Waals surface area (Å²) in [6.45, 7) is 0.515. The molecule has 5 nitrogen and oxygen atoms in total. The van der Waals surface area contributed by atoms with Crippen LogP contribution >= 0.6 is 12.4 Å². The number of amides is 1. The first-order valence-electron chi connectivity index (χ1n) is 9.74. The van der Waals surface area contributed by atoms with Crippen LogP contribution in [0.15, 0.2) is 54.6 Å². The molecule has 2 aromatic carbocycles. The van der Waals surface area contributed by atoms with Crippen LogP contribution in [0.25, 0.3) is 16.7 Å². The molecule has 4 rings (SSSR count). The smallest absolute Gasteiger partial charge is 0.220 e. The number of imidazole rings is 1. The SMILES string of the molecule is Cl.NCC1(NC(=O)CCc2nc3ccccc3n2-c2ccccc2)CCCC1. The zero-order chi connectivity index (χ0) is 18.7. The standard InChI is InChI=1S/C22H26N4O.ClH/c23-16-22(14-6-7-15-22)25-21(27)13-12-20-24-18-10-4-5-11-19(18)26(20)17-8-2-1-3-9-17;/h1-5,8-11H,6-7,12-16,23H2,(H,25,27);1H. The van der Waals surface area contributed by atoms with E-state index in [1.54, 1.807) is 0 Å². The number of halogens is 1. The van der Waals surface area contributed by atoms with E-state index in [9.17, 15) is 4.79 Å². The van der Waals surface area contributed by atoms with Crippen molar-refractivity contribution >= 4 is 29.3 Å². The molecule has 148 valence electrons. The number of rotatable bonds is 6. The van der Waals surface area contributed by atoms with Crippen molar-refractivity contribution in [1.29, 1.82) is 0 Å². The van der Waals surface area contributed by atoms with Crippen molar-refractivity contribution in [2.75, 3.05) is 6.54 Å². The Morgan fingerprint density at radius 2 is 1.75 bits per heavy atom. The van der Waals surface area contributed by atoms with Crippen LogP contribution in [0.1, 0.15) is 37.9 Å². The second-order valence-electron chi connectivity index (χ2n) is 7.43. The van der Waals surface area contributed by atoms with Gasteiger partial charge in [0.25, 0.3) is 0 Å². The Balaban J connectivity index is 0.00000225. The molecule has 6 heteroatoms. The van der Waals surface area contributed by atoms with Crippen molar-refractivity contribution in [3.8, 4) is 5.69 Å². The fourth-order valence-corrected chi connectivity index (χ4v) is 4.12. The Labute approximate surface area is 171 Å². The number of nitrogens with one attached hydrogen (secondary N) is 1. The molecule has 1 aromatic heterocycles. The number of nitrogens with two attached hydrogens (primary N) is 1. The third-order valence-corrected chi connectivity index (χ3v) is 5.58. The molecule has 1 amide bonds. The summed E-state index contributed by atoms with van der Waals surface area (Å²) in [7, 11) is 0. The van der Waals surface area contributed by atoms with Gasteiger partial charge in [0.1, 0.15) is 5.82 Å². The molecule has 0 unspecified atom stereocenters. The van der Waals surface area contributed by atoms with Gasteiger partial charge in [-0.05, 0) is 37.1 Å². The molecule has 1 aliphatic carbocycles. The van der Waals surface area contributed by atoms with E-state index in [4.69, 9.17) is 10.7 Å². The van der Waals surface area contributed by atoms with Crippen molar-refractivity contribution in [2.45, 2.75) is 44.1 Å². The Bertz CT molecular complexity index is 932. The Hall–Kier alpha value is -2.37. The lowest BCUT2D eigenvalue weighted by Gasteiger charge is -2.28. The highest BCUT2D eigenvalue weighted by molar-refractivity contribution is 5.85. The molecule has 1 fully saturated rings. The summed E-state index contributed by atoms with van der Waals surface area (Å²) in [5.41, 5.74) is 8.83. The van der Waals surface area contributed by atoms with E-state index < -0.39 is 0 Å². The van der Waals surface area contributed by atoms with Crippen LogP contribution in [0.2, 0.25) is 0 Å². The molecule has 0 saturated heterocycles. The van der Waals surface area contributed by atoms with Gasteiger partial charge in [-0.25, -0.2) is 4.98 Å². The van der Waals surface area contributed by atoms with Crippen LogP contribution in [0.3, 0.4) is 0 Å². The first-order valence-corrected chi connectivity index (χ1v) is 9.74. The van der Waals surface area contributed by atoms with Gasteiger partial charge < -0.3 is 11.1 Å². The highest BCUT2D eigenvalue weighted by Gasteiger charge is 2.33. The fraction of sp³-hybridized carbons (Fsp3) is 0.364. The summed E-state index contributed by atoms with van der Waals surface area (Å²) in [6, 6.07) is 18.3. The van der Waals surface area contributed by atoms with Gasteiger partial charge in [0, 0.05) is 25.1 Å². The Morgan fingerprint density at radius 1 is 1.07 bits per heavy atom. The molecule has 0 bridgehead atoms. The van der Waals surface area contributed by atoms with Crippen molar-refractivity contribution in [2.24, 2.45) is 5.73 Å². The van der Waals surface area contributed by atoms with E-state index in [0.717, 1.165) is 48.2 Å². The number of carbonyl (C=O) groups excluding carboxylic acids is 1. The van der Waals surface area contributed by atoms with Gasteiger partial charge >= 0.3 is 0 Å². The number of aromatic nitrogens is 2. The minimum atomic E-state index is -0.198. The average molecular weight is 399 g/mol. The van der Waals surface area contributed by atoms with Crippen LogP contribution in [0, 0.1) is 0 Å². The average Bonchev–Trinajstić information content (AvgIpc) is 3.32. The van der Waals surface area contributed by atoms with E-state index in [1.165, 1.54) is 0 Å². The van der Waals surface area contributed by atoms with Gasteiger partial charge in [-0.1, -0.05) is 43.2 Å². The van der Waals surface area contributed by atoms with Crippen molar-refractivity contribution in [1.82, 2.24) is 14.9 Å². The molecular weight excluding hydrogens is 372 g/mol. The fourth-order valence-electron chi connectivity index (χ4n) is 4.12. The Morgan fingerprint density at radius 3 is 2.46 bits per heavy atom. The summed E-state index contributed by atoms with van der Waals surface area (Å²) in [4.78, 5) is 17.4. The normalized spacial score (nSPS) is 15.3. The highest BCUT2D eigenvalue weighted by atomic mass is 35.5. The van der Waals surface area contributed by atoms with E-state index in [0.29, 0.717) is 19.4 Å². The zero-order valence-electron chi connectivity index (χ0n) is 15.9. The highest BCUT2D eigenvalue weighted by Crippen LogP contribution is 2.29. The quantitative estimate of drug-likeness (QED) is 0.663. The largest absolute Gasteiger partial charge is 0.349 e. The summed E-state index contributed by atoms with van der Waals surface area (Å²) in [5.74, 6) is 0.972. The van der Waals surface area contributed by atoms with Crippen molar-refractivity contribution < 1.29 is 4.79 Å². The lowest BCUT2D eigenvalue weighted by molar-refractivity contribution is -0.122. The summed E-state index contributed by atoms with van der Waals surface area (Å²) >= 11 is 0. The number of carbonyl (C=O) groups is 1. The van der Waals surface area contributed by atoms with Gasteiger partial charge in [0.2, 0.25) is 5.91 Å². The molecule has 0 spiro atoms. The number of hydrogen-bond donors (Lipinski definition) is 2. The molecular formula is C22H27ClN4O. The van der Waals surface area contributed by atoms with E-state index in [2.05, 4.69) is 28.1 Å². The number of hydrogen-bond acceptors (Lipinski definition) is 3. The van der Waals surface area contributed by atoms with E-state index >= 15 is 0 Å². The minimum Gasteiger partial charge on any atom is -0.349 e. The minimum absolute atomic E-state index is 0. The van der Waals surface area contributed by atoms with Gasteiger partial charge in [-0.3, -0.25) is 9.36 Å². The number of nitrogens with zero attached hydrogens (tertiary/aromatic N) is 2. The van der Waals surface area contributed by atoms with Gasteiger partial charge in [0.15, 0.2) is 0 Å². The maximum Gasteiger partial charge on any atom is 0.220 e. The van der Waals surface area contributed by atoms with Crippen LogP contribution in [0.5, 0.6) is 0 Å². The first-order chi connectivity index (χ1) is 13.2. The third kappa shape index (κ3) is 4.05. The summed E-state index contributed by atoms with van der Waals surface area (Å²) in [5, 5.41) is 3.20. The predicted octanol–water partition coefficient (Wildman–Crippen LogP) is 3.77. The number of fused-ring (bicyclic) bond motifs is 1. The molecule has 3 aromatic rings. The number of benzene rings is 2. The molecule has 28 heavy (non-hydrogen) atoms. The van der Waals surface area contributed by atoms with E-state index in [1.807, 2.05) is 36.4 Å². The molecule has 0 radical (unpaired) electrons. The summed E-state index contributed by atoms with van der Waals surface area (Å²) < 4.78 is 2.15. The molecule has 1 aliphatic rings. The van der Waals surface area contributed by atoms with Gasteiger partial charge in [-0.15, -0.1) is 12.4 Å². The van der Waals surface area contributed by atoms with Crippen molar-refractivity contribution in [3.05, 3.63) is 60.4 Å². The first kappa shape index (κ1) is 20.4. The number of aryl methyl sites for hydroxylation is 1. The zero-order valence-corrected chi connectivity index (χ0v) is 16.8. The lowest BCUT2D eigenvalue weighted by Crippen LogP contribution is -2.51. The van der Waals surface area contributed by atoms with Gasteiger partial charge in [0.05, 0.1) is 16.6 Å². The molecule has 0 aliphatic heterocycles. The van der Waals surface area contributed by atoms with E-state index in [-0.39, 0.29) is 23.9 Å². The molecule has 1 heterocycles. The number of para-hydroxylation sites is 3. The monoisotopic (exact) mass is 398 g/mol. The maximum absolute atomic E-state index is 12.6. The molecule has 1 saturated carbocycles. The van der Waals surface area contributed by atoms with Crippen molar-refractivity contribution in [3.63, 3.8) is 0 Å². The predicted molar refractivity (Wildman–Crippen MR) is 115 cm³/mol. The van der Waals surface area contributed by atoms with Crippen LogP contribution < -0.4 is 11.1 Å². The molecule has 3 N–H and O–H groups in total. The topological polar surface area (TPSA) is 72.9 Å². The van der Waals surface area contributed by atoms with Gasteiger partial charge in [-0.2, -0.15) is 0 Å². The van der Waals surface area contributed by atoms with Crippen LogP contribution in [-0.4, -0.2) is 27.5 Å². The maximum atomic E-state index is 12.6. The Kier molecular flexibility index (Phi) is 6.37. The second-order valence-corrected chi connectivity index (χ2v) is 7.43. The summed E-state index contributed by atoms with van der Waals surface area (Å²) in [6.07, 6.45) is 5.26. The van der Waals surface area contributed by atoms with Crippen LogP contribution in [0.4, 0.5) is 0 Å². The van der Waals surface area contributed by atoms with Crippen LogP contribution in [-0.2, 0) is 11.2 Å². The second kappa shape index (κ2) is 8.76. The molecule has 0 atom stereocenters. The third-order valence-electron chi connectivity index (χ3n) is 5.58. The lowest BCUT2D eigenvalue weighted by atomic mass is 9.97.